The summed E-state index contributed by atoms with van der Waals surface area (Å²) in [6.07, 6.45) is 0. The molecule has 1 N–H and O–H groups in total. The highest BCUT2D eigenvalue weighted by Gasteiger charge is 2.34. The number of carbonyl (C=O) groups is 2. The first-order chi connectivity index (χ1) is 17.5. The van der Waals surface area contributed by atoms with Crippen LogP contribution in [0, 0.1) is 0 Å². The lowest BCUT2D eigenvalue weighted by Crippen LogP contribution is -2.48. The Morgan fingerprint density at radius 3 is 1.89 bits per heavy atom. The van der Waals surface area contributed by atoms with E-state index >= 15 is 0 Å². The highest BCUT2D eigenvalue weighted by atomic mass is 35.5. The van der Waals surface area contributed by atoms with Crippen molar-refractivity contribution in [1.82, 2.24) is 4.90 Å². The second-order valence-electron chi connectivity index (χ2n) is 8.25. The Labute approximate surface area is 235 Å². The standard InChI is InChI=1S/C17H24ClNO3S.C6H5Cl.2C2H6.CH2O2/c1-12(23(21)17(2,3)4)9-19-15(10-22-11-16(19)20)13-5-7-14(18)8-6-13;7-6-4-2-1-3-5-6;2*1-2;2-1-3/h5-8,12,15H,9-11H2,1-4H3;1-5H;2*1-2H3;1H,(H,2,3). The van der Waals surface area contributed by atoms with Crippen LogP contribution < -0.4 is 0 Å². The molecule has 0 spiro atoms. The van der Waals surface area contributed by atoms with Crippen LogP contribution in [0.3, 0.4) is 0 Å². The number of ether oxygens (including phenoxy) is 1. The summed E-state index contributed by atoms with van der Waals surface area (Å²) in [6, 6.07) is 16.7. The summed E-state index contributed by atoms with van der Waals surface area (Å²) in [7, 11) is -1.03. The van der Waals surface area contributed by atoms with Crippen LogP contribution in [0.2, 0.25) is 10.0 Å². The normalized spacial score (nSPS) is 16.0. The van der Waals surface area contributed by atoms with Gasteiger partial charge in [0.05, 0.1) is 17.9 Å². The van der Waals surface area contributed by atoms with Crippen LogP contribution in [-0.4, -0.2) is 56.4 Å². The van der Waals surface area contributed by atoms with E-state index in [2.05, 4.69) is 0 Å². The minimum Gasteiger partial charge on any atom is -0.483 e. The number of benzene rings is 2. The quantitative estimate of drug-likeness (QED) is 0.387. The SMILES string of the molecule is CC.CC.CC(CN1C(=O)COCC1c1ccc(Cl)cc1)S(=O)C(C)(C)C.Clc1ccccc1.O=CO. The molecule has 3 rings (SSSR count). The molecule has 0 aliphatic carbocycles. The van der Waals surface area contributed by atoms with Crippen LogP contribution >= 0.6 is 23.2 Å². The Morgan fingerprint density at radius 2 is 1.49 bits per heavy atom. The molecule has 0 saturated carbocycles. The number of hydrogen-bond donors (Lipinski definition) is 1. The molecule has 37 heavy (non-hydrogen) atoms. The molecule has 1 fully saturated rings. The van der Waals surface area contributed by atoms with E-state index in [4.69, 9.17) is 37.8 Å². The zero-order valence-electron chi connectivity index (χ0n) is 23.2. The monoisotopic (exact) mass is 575 g/mol. The zero-order chi connectivity index (χ0) is 29.0. The van der Waals surface area contributed by atoms with Gasteiger partial charge < -0.3 is 14.7 Å². The highest BCUT2D eigenvalue weighted by Crippen LogP contribution is 2.27. The predicted molar refractivity (Wildman–Crippen MR) is 157 cm³/mol. The van der Waals surface area contributed by atoms with Crippen LogP contribution in [-0.2, 0) is 25.1 Å². The molecule has 1 amide bonds. The number of carbonyl (C=O) groups excluding carboxylic acids is 1. The third-order valence-corrected chi connectivity index (χ3v) is 7.20. The summed E-state index contributed by atoms with van der Waals surface area (Å²) in [4.78, 5) is 22.5. The molecule has 2 aromatic rings. The van der Waals surface area contributed by atoms with Crippen LogP contribution in [0.1, 0.15) is 67.0 Å². The first-order valence-corrected chi connectivity index (χ1v) is 14.3. The van der Waals surface area contributed by atoms with Crippen molar-refractivity contribution >= 4 is 46.4 Å². The second kappa shape index (κ2) is 21.1. The average molecular weight is 577 g/mol. The van der Waals surface area contributed by atoms with Gasteiger partial charge in [0, 0.05) is 32.1 Å². The Hall–Kier alpha value is -1.93. The number of halogens is 2. The Balaban J connectivity index is 0. The third-order valence-electron chi connectivity index (χ3n) is 4.61. The Kier molecular flexibility index (Phi) is 21.2. The van der Waals surface area contributed by atoms with Crippen molar-refractivity contribution in [2.24, 2.45) is 0 Å². The number of nitrogens with zero attached hydrogens (tertiary/aromatic N) is 1. The number of hydrogen-bond acceptors (Lipinski definition) is 4. The molecule has 1 aliphatic heterocycles. The molecule has 1 aliphatic rings. The van der Waals surface area contributed by atoms with E-state index in [-0.39, 0.29) is 35.0 Å². The molecule has 0 radical (unpaired) electrons. The highest BCUT2D eigenvalue weighted by molar-refractivity contribution is 7.87. The van der Waals surface area contributed by atoms with Crippen molar-refractivity contribution in [2.75, 3.05) is 19.8 Å². The maximum absolute atomic E-state index is 12.6. The molecule has 0 aromatic heterocycles. The Bertz CT molecular complexity index is 890. The van der Waals surface area contributed by atoms with Gasteiger partial charge in [0.1, 0.15) is 6.61 Å². The summed E-state index contributed by atoms with van der Waals surface area (Å²) in [5.41, 5.74) is 0.983. The zero-order valence-corrected chi connectivity index (χ0v) is 25.6. The molecular weight excluding hydrogens is 533 g/mol. The van der Waals surface area contributed by atoms with Crippen LogP contribution in [0.4, 0.5) is 0 Å². The molecule has 1 heterocycles. The molecule has 0 bridgehead atoms. The maximum atomic E-state index is 12.6. The van der Waals surface area contributed by atoms with E-state index in [1.54, 1.807) is 4.90 Å². The second-order valence-corrected chi connectivity index (χ2v) is 11.7. The van der Waals surface area contributed by atoms with Crippen LogP contribution in [0.5, 0.6) is 0 Å². The smallest absolute Gasteiger partial charge is 0.290 e. The summed E-state index contributed by atoms with van der Waals surface area (Å²) >= 11 is 11.5. The van der Waals surface area contributed by atoms with E-state index in [0.29, 0.717) is 18.2 Å². The van der Waals surface area contributed by atoms with Crippen molar-refractivity contribution in [1.29, 1.82) is 0 Å². The summed E-state index contributed by atoms with van der Waals surface area (Å²) in [5.74, 6) is -0.0611. The first-order valence-electron chi connectivity index (χ1n) is 12.3. The van der Waals surface area contributed by atoms with Gasteiger partial charge in [-0.3, -0.25) is 13.8 Å². The molecule has 3 unspecified atom stereocenters. The van der Waals surface area contributed by atoms with E-state index in [1.165, 1.54) is 0 Å². The fraction of sp³-hybridized carbons (Fsp3) is 0.500. The van der Waals surface area contributed by atoms with E-state index in [1.807, 2.05) is 110 Å². The van der Waals surface area contributed by atoms with Gasteiger partial charge in [-0.15, -0.1) is 0 Å². The minimum atomic E-state index is -1.03. The summed E-state index contributed by atoms with van der Waals surface area (Å²) < 4.78 is 17.7. The molecule has 9 heteroatoms. The van der Waals surface area contributed by atoms with Gasteiger partial charge in [0.2, 0.25) is 5.91 Å². The fourth-order valence-electron chi connectivity index (χ4n) is 3.16. The van der Waals surface area contributed by atoms with Crippen molar-refractivity contribution < 1.29 is 23.6 Å². The van der Waals surface area contributed by atoms with Gasteiger partial charge >= 0.3 is 0 Å². The molecule has 2 aromatic carbocycles. The maximum Gasteiger partial charge on any atom is 0.290 e. The average Bonchev–Trinajstić information content (AvgIpc) is 2.88. The molecule has 6 nitrogen and oxygen atoms in total. The van der Waals surface area contributed by atoms with Gasteiger partial charge in [-0.1, -0.05) is 81.2 Å². The topological polar surface area (TPSA) is 83.9 Å². The van der Waals surface area contributed by atoms with Gasteiger partial charge in [0.25, 0.3) is 6.47 Å². The van der Waals surface area contributed by atoms with Crippen molar-refractivity contribution in [3.63, 3.8) is 0 Å². The predicted octanol–water partition coefficient (Wildman–Crippen LogP) is 7.27. The number of amides is 1. The number of rotatable bonds is 4. The van der Waals surface area contributed by atoms with Crippen LogP contribution in [0.25, 0.3) is 0 Å². The van der Waals surface area contributed by atoms with Crippen LogP contribution in [0.15, 0.2) is 54.6 Å². The third kappa shape index (κ3) is 15.2. The number of morpholine rings is 1. The van der Waals surface area contributed by atoms with Crippen molar-refractivity contribution in [2.45, 2.75) is 71.4 Å². The van der Waals surface area contributed by atoms with Crippen molar-refractivity contribution in [3.05, 3.63) is 70.2 Å². The van der Waals surface area contributed by atoms with E-state index in [9.17, 15) is 9.00 Å². The summed E-state index contributed by atoms with van der Waals surface area (Å²) in [5, 5.41) is 8.24. The molecular formula is C28H43Cl2NO5S. The lowest BCUT2D eigenvalue weighted by atomic mass is 10.0. The lowest BCUT2D eigenvalue weighted by molar-refractivity contribution is -0.148. The fourth-order valence-corrected chi connectivity index (χ4v) is 4.93. The molecule has 210 valence electrons. The minimum absolute atomic E-state index is 0.0611. The van der Waals surface area contributed by atoms with Gasteiger partial charge in [-0.25, -0.2) is 0 Å². The van der Waals surface area contributed by atoms with E-state index in [0.717, 1.165) is 10.6 Å². The molecule has 3 atom stereocenters. The lowest BCUT2D eigenvalue weighted by Gasteiger charge is -2.38. The first kappa shape index (κ1) is 37.2. The largest absolute Gasteiger partial charge is 0.483 e. The van der Waals surface area contributed by atoms with Gasteiger partial charge in [-0.05, 0) is 57.5 Å². The van der Waals surface area contributed by atoms with Gasteiger partial charge in [0.15, 0.2) is 0 Å². The van der Waals surface area contributed by atoms with Crippen molar-refractivity contribution in [3.8, 4) is 0 Å². The van der Waals surface area contributed by atoms with E-state index < -0.39 is 10.8 Å². The Morgan fingerprint density at radius 1 is 1.03 bits per heavy atom. The van der Waals surface area contributed by atoms with Gasteiger partial charge in [-0.2, -0.15) is 0 Å². The number of carboxylic acid groups (broad SMARTS) is 1. The summed E-state index contributed by atoms with van der Waals surface area (Å²) in [6.45, 7) is 16.5. The molecule has 1 saturated heterocycles.